The summed E-state index contributed by atoms with van der Waals surface area (Å²) >= 11 is 6.04. The predicted octanol–water partition coefficient (Wildman–Crippen LogP) is 2.96. The van der Waals surface area contributed by atoms with Crippen molar-refractivity contribution >= 4 is 23.2 Å². The van der Waals surface area contributed by atoms with Crippen LogP contribution in [0.3, 0.4) is 0 Å². The molecule has 30 heavy (non-hydrogen) atoms. The molecule has 5 nitrogen and oxygen atoms in total. The summed E-state index contributed by atoms with van der Waals surface area (Å²) in [5, 5.41) is 28.4. The second-order valence-electron chi connectivity index (χ2n) is 10.1. The molecule has 8 atom stereocenters. The van der Waals surface area contributed by atoms with E-state index in [1.807, 2.05) is 0 Å². The van der Waals surface area contributed by atoms with Gasteiger partial charge in [-0.2, -0.15) is 0 Å². The van der Waals surface area contributed by atoms with E-state index in [4.69, 9.17) is 11.6 Å². The second kappa shape index (κ2) is 6.44. The summed E-state index contributed by atoms with van der Waals surface area (Å²) in [7, 11) is 0. The van der Waals surface area contributed by atoms with Crippen molar-refractivity contribution in [3.05, 3.63) is 22.8 Å². The van der Waals surface area contributed by atoms with Crippen LogP contribution in [0.2, 0.25) is 0 Å². The Morgan fingerprint density at radius 1 is 1.20 bits per heavy atom. The Morgan fingerprint density at radius 2 is 1.83 bits per heavy atom. The maximum absolute atomic E-state index is 16.9. The van der Waals surface area contributed by atoms with E-state index < -0.39 is 58.0 Å². The largest absolute Gasteiger partial charge is 0.339 e. The van der Waals surface area contributed by atoms with Crippen molar-refractivity contribution in [1.82, 2.24) is 0 Å². The first-order valence-electron chi connectivity index (χ1n) is 10.4. The van der Waals surface area contributed by atoms with E-state index in [1.165, 1.54) is 6.08 Å². The third-order valence-corrected chi connectivity index (χ3v) is 8.96. The molecule has 0 saturated heterocycles. The molecule has 4 aliphatic carbocycles. The Morgan fingerprint density at radius 3 is 2.43 bits per heavy atom. The fraction of sp³-hybridized carbons (Fsp3) is 0.727. The lowest BCUT2D eigenvalue weighted by atomic mass is 9.45. The van der Waals surface area contributed by atoms with Crippen molar-refractivity contribution in [1.29, 1.82) is 0 Å². The standard InChI is InChI=1S/C22H27ClF2O5/c1-10-6-11-12-7-15(24)13-8-16(26)14(23)9-20(13,3)21(12,25)5-4-19(11,2)17(10)18(27)22(28,29)30/h8-12,15,17,28-30H,4-7H2,1-3H3/t10?,11-,12-,15?,17+,19-,20-,21+/m0/s1. The summed E-state index contributed by atoms with van der Waals surface area (Å²) in [6, 6.07) is 0. The van der Waals surface area contributed by atoms with Crippen molar-refractivity contribution in [2.45, 2.75) is 64.3 Å². The number of allylic oxidation sites excluding steroid dienone is 4. The van der Waals surface area contributed by atoms with Crippen molar-refractivity contribution in [2.24, 2.45) is 34.5 Å². The fourth-order valence-electron chi connectivity index (χ4n) is 7.26. The fourth-order valence-corrected chi connectivity index (χ4v) is 7.54. The zero-order chi connectivity index (χ0) is 22.4. The maximum Gasteiger partial charge on any atom is 0.339 e. The minimum absolute atomic E-state index is 0.00583. The van der Waals surface area contributed by atoms with E-state index in [9.17, 15) is 24.9 Å². The monoisotopic (exact) mass is 444 g/mol. The Balaban J connectivity index is 1.79. The van der Waals surface area contributed by atoms with Gasteiger partial charge in [0.15, 0.2) is 5.78 Å². The molecule has 0 aromatic carbocycles. The zero-order valence-electron chi connectivity index (χ0n) is 17.2. The third kappa shape index (κ3) is 2.68. The molecule has 8 heteroatoms. The Kier molecular flexibility index (Phi) is 4.73. The molecule has 0 heterocycles. The van der Waals surface area contributed by atoms with Crippen LogP contribution in [0.25, 0.3) is 0 Å². The van der Waals surface area contributed by atoms with Crippen LogP contribution in [0.1, 0.15) is 46.5 Å². The van der Waals surface area contributed by atoms with E-state index in [0.29, 0.717) is 6.42 Å². The maximum atomic E-state index is 16.9. The second-order valence-corrected chi connectivity index (χ2v) is 10.5. The average Bonchev–Trinajstić information content (AvgIpc) is 2.89. The molecule has 3 N–H and O–H groups in total. The van der Waals surface area contributed by atoms with Crippen molar-refractivity contribution in [3.63, 3.8) is 0 Å². The molecule has 0 bridgehead atoms. The van der Waals surface area contributed by atoms with Gasteiger partial charge in [0.05, 0.1) is 5.03 Å². The van der Waals surface area contributed by atoms with E-state index in [0.717, 1.165) is 6.08 Å². The van der Waals surface area contributed by atoms with Crippen LogP contribution in [0.4, 0.5) is 8.78 Å². The minimum atomic E-state index is -3.46. The summed E-state index contributed by atoms with van der Waals surface area (Å²) in [5.41, 5.74) is -3.94. The highest BCUT2D eigenvalue weighted by atomic mass is 35.5. The Labute approximate surface area is 178 Å². The van der Waals surface area contributed by atoms with Gasteiger partial charge >= 0.3 is 5.97 Å². The van der Waals surface area contributed by atoms with E-state index in [1.54, 1.807) is 20.8 Å². The third-order valence-electron chi connectivity index (χ3n) is 8.67. The molecular weight excluding hydrogens is 418 g/mol. The number of fused-ring (bicyclic) bond motifs is 5. The van der Waals surface area contributed by atoms with Crippen LogP contribution in [0.5, 0.6) is 0 Å². The predicted molar refractivity (Wildman–Crippen MR) is 104 cm³/mol. The molecule has 166 valence electrons. The van der Waals surface area contributed by atoms with E-state index >= 15 is 8.78 Å². The van der Waals surface area contributed by atoms with Crippen molar-refractivity contribution < 1.29 is 33.7 Å². The van der Waals surface area contributed by atoms with Gasteiger partial charge in [-0.1, -0.05) is 25.4 Å². The van der Waals surface area contributed by atoms with Crippen molar-refractivity contribution in [3.8, 4) is 0 Å². The smallest absolute Gasteiger partial charge is 0.337 e. The molecule has 0 aromatic heterocycles. The molecule has 0 radical (unpaired) electrons. The molecule has 0 spiro atoms. The molecule has 4 rings (SSSR count). The average molecular weight is 445 g/mol. The van der Waals surface area contributed by atoms with Gasteiger partial charge in [0, 0.05) is 17.3 Å². The Hall–Kier alpha value is -1.15. The van der Waals surface area contributed by atoms with Gasteiger partial charge in [-0.3, -0.25) is 9.59 Å². The first-order chi connectivity index (χ1) is 13.7. The van der Waals surface area contributed by atoms with Gasteiger partial charge in [-0.05, 0) is 67.6 Å². The number of alkyl halides is 2. The van der Waals surface area contributed by atoms with Crippen LogP contribution in [-0.4, -0.2) is 44.7 Å². The van der Waals surface area contributed by atoms with Crippen LogP contribution in [-0.2, 0) is 9.59 Å². The highest BCUT2D eigenvalue weighted by molar-refractivity contribution is 6.44. The number of Topliss-reactive ketones (excluding diaryl/α,β-unsaturated/α-hetero) is 1. The summed E-state index contributed by atoms with van der Waals surface area (Å²) in [5.74, 6) is -7.45. The molecular formula is C22H27ClF2O5. The summed E-state index contributed by atoms with van der Waals surface area (Å²) < 4.78 is 32.1. The van der Waals surface area contributed by atoms with Gasteiger partial charge in [-0.15, -0.1) is 0 Å². The van der Waals surface area contributed by atoms with Crippen LogP contribution < -0.4 is 0 Å². The number of carbonyl (C=O) groups is 2. The van der Waals surface area contributed by atoms with Gasteiger partial charge in [0.25, 0.3) is 0 Å². The summed E-state index contributed by atoms with van der Waals surface area (Å²) in [6.45, 7) is 5.14. The van der Waals surface area contributed by atoms with Gasteiger partial charge in [0.2, 0.25) is 5.78 Å². The topological polar surface area (TPSA) is 94.8 Å². The first-order valence-corrected chi connectivity index (χ1v) is 10.7. The van der Waals surface area contributed by atoms with Crippen LogP contribution in [0.15, 0.2) is 22.8 Å². The normalized spacial score (nSPS) is 48.3. The zero-order valence-corrected chi connectivity index (χ0v) is 17.9. The first kappa shape index (κ1) is 22.1. The number of carbonyl (C=O) groups excluding carboxylic acids is 2. The number of ketones is 2. The molecule has 3 saturated carbocycles. The molecule has 2 unspecified atom stereocenters. The lowest BCUT2D eigenvalue weighted by Crippen LogP contribution is -2.62. The van der Waals surface area contributed by atoms with Gasteiger partial charge in [0.1, 0.15) is 11.8 Å². The van der Waals surface area contributed by atoms with Gasteiger partial charge < -0.3 is 15.3 Å². The highest BCUT2D eigenvalue weighted by Crippen LogP contribution is 2.70. The number of hydrogen-bond acceptors (Lipinski definition) is 5. The molecule has 4 aliphatic rings. The molecule has 0 aromatic rings. The van der Waals surface area contributed by atoms with E-state index in [-0.39, 0.29) is 35.8 Å². The van der Waals surface area contributed by atoms with Crippen molar-refractivity contribution in [2.75, 3.05) is 0 Å². The number of aliphatic hydroxyl groups is 3. The number of hydrogen-bond donors (Lipinski definition) is 3. The van der Waals surface area contributed by atoms with Crippen LogP contribution in [0, 0.1) is 34.5 Å². The van der Waals surface area contributed by atoms with E-state index in [2.05, 4.69) is 0 Å². The summed E-state index contributed by atoms with van der Waals surface area (Å²) in [6.07, 6.45) is 1.49. The molecule has 0 aliphatic heterocycles. The minimum Gasteiger partial charge on any atom is -0.337 e. The number of rotatable bonds is 2. The lowest BCUT2D eigenvalue weighted by molar-refractivity contribution is -0.292. The number of halogens is 3. The SMILES string of the molecule is CC1C[C@H]2[C@@H]3CC(F)C4=CC(=O)C(Cl)=C[C@]4(C)[C@@]3(F)CC[C@]2(C)[C@H]1C(=O)C(O)(O)O. The highest BCUT2D eigenvalue weighted by Gasteiger charge is 2.70. The lowest BCUT2D eigenvalue weighted by Gasteiger charge is -2.60. The molecule has 0 amide bonds. The molecule has 3 fully saturated rings. The van der Waals surface area contributed by atoms with Crippen LogP contribution >= 0.6 is 11.6 Å². The van der Waals surface area contributed by atoms with Gasteiger partial charge in [-0.25, -0.2) is 8.78 Å². The summed E-state index contributed by atoms with van der Waals surface area (Å²) in [4.78, 5) is 24.6. The quantitative estimate of drug-likeness (QED) is 0.569. The Bertz CT molecular complexity index is 879.